The predicted molar refractivity (Wildman–Crippen MR) is 104 cm³/mol. The Morgan fingerprint density at radius 2 is 0.846 bits per heavy atom. The van der Waals surface area contributed by atoms with Gasteiger partial charge in [-0.25, -0.2) is 9.97 Å². The fraction of sp³-hybridized carbons (Fsp3) is 0.0909. The van der Waals surface area contributed by atoms with Crippen LogP contribution in [0, 0.1) is 13.8 Å². The molecular weight excluding hydrogens is 324 g/mol. The Labute approximate surface area is 148 Å². The molecule has 0 amide bonds. The first-order valence-electron chi connectivity index (χ1n) is 8.60. The van der Waals surface area contributed by atoms with Crippen LogP contribution in [0.3, 0.4) is 0 Å². The number of hydrogen-bond acceptors (Lipinski definition) is 4. The SMILES string of the molecule is Cc1nc2ccc3c4ccc5c(ccc6nc(C)oc65)c4ccc3c2o1. The van der Waals surface area contributed by atoms with Crippen LogP contribution in [0.4, 0.5) is 0 Å². The first kappa shape index (κ1) is 13.8. The molecule has 0 atom stereocenters. The summed E-state index contributed by atoms with van der Waals surface area (Å²) in [5.74, 6) is 1.38. The Morgan fingerprint density at radius 1 is 0.500 bits per heavy atom. The Morgan fingerprint density at radius 3 is 1.31 bits per heavy atom. The number of benzene rings is 4. The van der Waals surface area contributed by atoms with Gasteiger partial charge in [0.05, 0.1) is 0 Å². The van der Waals surface area contributed by atoms with Gasteiger partial charge in [0.1, 0.15) is 11.0 Å². The van der Waals surface area contributed by atoms with Gasteiger partial charge in [0.2, 0.25) is 0 Å². The van der Waals surface area contributed by atoms with Gasteiger partial charge in [0.15, 0.2) is 22.9 Å². The number of oxazole rings is 2. The Balaban J connectivity index is 1.81. The molecule has 0 N–H and O–H groups in total. The fourth-order valence-corrected chi connectivity index (χ4v) is 4.03. The summed E-state index contributed by atoms with van der Waals surface area (Å²) in [5, 5.41) is 6.91. The smallest absolute Gasteiger partial charge is 0.192 e. The highest BCUT2D eigenvalue weighted by molar-refractivity contribution is 6.23. The maximum absolute atomic E-state index is 5.84. The van der Waals surface area contributed by atoms with Crippen LogP contribution in [0.15, 0.2) is 57.4 Å². The van der Waals surface area contributed by atoms with Gasteiger partial charge in [-0.1, -0.05) is 24.3 Å². The number of fused-ring (bicyclic) bond motifs is 9. The van der Waals surface area contributed by atoms with E-state index in [1.807, 2.05) is 26.0 Å². The van der Waals surface area contributed by atoms with Crippen LogP contribution < -0.4 is 0 Å². The molecule has 0 aliphatic carbocycles. The summed E-state index contributed by atoms with van der Waals surface area (Å²) in [6, 6.07) is 16.9. The Hall–Kier alpha value is -3.40. The summed E-state index contributed by atoms with van der Waals surface area (Å²) in [4.78, 5) is 8.89. The molecule has 2 aromatic heterocycles. The van der Waals surface area contributed by atoms with Crippen molar-refractivity contribution in [1.29, 1.82) is 0 Å². The second kappa shape index (κ2) is 4.61. The summed E-state index contributed by atoms with van der Waals surface area (Å²) >= 11 is 0. The second-order valence-electron chi connectivity index (χ2n) is 6.71. The van der Waals surface area contributed by atoms with E-state index in [2.05, 4.69) is 46.4 Å². The lowest BCUT2D eigenvalue weighted by Gasteiger charge is -2.08. The van der Waals surface area contributed by atoms with Gasteiger partial charge >= 0.3 is 0 Å². The molecule has 124 valence electrons. The van der Waals surface area contributed by atoms with Crippen molar-refractivity contribution in [1.82, 2.24) is 9.97 Å². The summed E-state index contributed by atoms with van der Waals surface area (Å²) in [5.41, 5.74) is 3.49. The van der Waals surface area contributed by atoms with Gasteiger partial charge in [0.25, 0.3) is 0 Å². The van der Waals surface area contributed by atoms with E-state index in [1.165, 1.54) is 21.5 Å². The standard InChI is InChI=1S/C22H14N2O2/c1-11-23-19-9-7-15-13-4-6-18-16(8-10-20-22(18)26-12(2)24-20)14(13)3-5-17(15)21(19)25-11/h3-10H,1-2H3. The number of aryl methyl sites for hydroxylation is 2. The quantitative estimate of drug-likeness (QED) is 0.317. The van der Waals surface area contributed by atoms with Crippen molar-refractivity contribution in [2.75, 3.05) is 0 Å². The van der Waals surface area contributed by atoms with Crippen LogP contribution in [0.25, 0.3) is 54.5 Å². The van der Waals surface area contributed by atoms with Crippen LogP contribution >= 0.6 is 0 Å². The van der Waals surface area contributed by atoms with E-state index < -0.39 is 0 Å². The molecule has 0 saturated carbocycles. The molecular formula is C22H14N2O2. The van der Waals surface area contributed by atoms with Gasteiger partial charge in [-0.15, -0.1) is 0 Å². The molecule has 0 aliphatic heterocycles. The molecule has 26 heavy (non-hydrogen) atoms. The lowest BCUT2D eigenvalue weighted by molar-refractivity contribution is 0.563. The molecule has 0 radical (unpaired) electrons. The van der Waals surface area contributed by atoms with Crippen molar-refractivity contribution in [3.63, 3.8) is 0 Å². The van der Waals surface area contributed by atoms with Crippen molar-refractivity contribution < 1.29 is 8.83 Å². The highest BCUT2D eigenvalue weighted by Gasteiger charge is 2.13. The third-order valence-corrected chi connectivity index (χ3v) is 5.11. The van der Waals surface area contributed by atoms with Crippen molar-refractivity contribution in [3.05, 3.63) is 60.3 Å². The Kier molecular flexibility index (Phi) is 2.45. The summed E-state index contributed by atoms with van der Waals surface area (Å²) in [6.07, 6.45) is 0. The summed E-state index contributed by atoms with van der Waals surface area (Å²) in [6.45, 7) is 3.76. The third-order valence-electron chi connectivity index (χ3n) is 5.11. The van der Waals surface area contributed by atoms with Gasteiger partial charge in [-0.3, -0.25) is 0 Å². The molecule has 0 unspecified atom stereocenters. The fourth-order valence-electron chi connectivity index (χ4n) is 4.03. The first-order valence-corrected chi connectivity index (χ1v) is 8.60. The number of nitrogens with zero attached hydrogens (tertiary/aromatic N) is 2. The zero-order chi connectivity index (χ0) is 17.4. The van der Waals surface area contributed by atoms with Crippen molar-refractivity contribution in [3.8, 4) is 0 Å². The first-order chi connectivity index (χ1) is 12.7. The van der Waals surface area contributed by atoms with E-state index in [-0.39, 0.29) is 0 Å². The number of rotatable bonds is 0. The molecule has 0 bridgehead atoms. The van der Waals surface area contributed by atoms with Crippen molar-refractivity contribution in [2.24, 2.45) is 0 Å². The molecule has 4 nitrogen and oxygen atoms in total. The molecule has 0 aliphatic rings. The van der Waals surface area contributed by atoms with Crippen LogP contribution in [0.5, 0.6) is 0 Å². The minimum Gasteiger partial charge on any atom is -0.440 e. The zero-order valence-corrected chi connectivity index (χ0v) is 14.3. The molecule has 4 heteroatoms. The van der Waals surface area contributed by atoms with E-state index >= 15 is 0 Å². The van der Waals surface area contributed by atoms with Gasteiger partial charge in [0, 0.05) is 24.6 Å². The Bertz CT molecular complexity index is 1390. The summed E-state index contributed by atoms with van der Waals surface area (Å²) < 4.78 is 11.7. The maximum Gasteiger partial charge on any atom is 0.192 e. The molecule has 6 aromatic rings. The average molecular weight is 338 g/mol. The van der Waals surface area contributed by atoms with Crippen LogP contribution in [0.1, 0.15) is 11.8 Å². The highest BCUT2D eigenvalue weighted by atomic mass is 16.4. The lowest BCUT2D eigenvalue weighted by atomic mass is 9.96. The zero-order valence-electron chi connectivity index (χ0n) is 14.3. The molecule has 6 rings (SSSR count). The molecule has 0 spiro atoms. The number of hydrogen-bond donors (Lipinski definition) is 0. The van der Waals surface area contributed by atoms with E-state index in [0.717, 1.165) is 33.0 Å². The topological polar surface area (TPSA) is 52.1 Å². The normalized spacial score (nSPS) is 12.2. The molecule has 2 heterocycles. The van der Waals surface area contributed by atoms with Crippen LogP contribution in [-0.4, -0.2) is 9.97 Å². The molecule has 4 aromatic carbocycles. The van der Waals surface area contributed by atoms with Crippen molar-refractivity contribution in [2.45, 2.75) is 13.8 Å². The van der Waals surface area contributed by atoms with Gasteiger partial charge in [-0.05, 0) is 45.8 Å². The van der Waals surface area contributed by atoms with E-state index in [4.69, 9.17) is 8.83 Å². The van der Waals surface area contributed by atoms with E-state index in [9.17, 15) is 0 Å². The summed E-state index contributed by atoms with van der Waals surface area (Å²) in [7, 11) is 0. The predicted octanol–water partition coefficient (Wildman–Crippen LogP) is 6.05. The monoisotopic (exact) mass is 338 g/mol. The van der Waals surface area contributed by atoms with Crippen LogP contribution in [-0.2, 0) is 0 Å². The molecule has 0 fully saturated rings. The second-order valence-corrected chi connectivity index (χ2v) is 6.71. The minimum absolute atomic E-state index is 0.689. The average Bonchev–Trinajstić information content (AvgIpc) is 3.21. The van der Waals surface area contributed by atoms with E-state index in [0.29, 0.717) is 11.8 Å². The van der Waals surface area contributed by atoms with E-state index in [1.54, 1.807) is 0 Å². The minimum atomic E-state index is 0.689. The molecule has 0 saturated heterocycles. The van der Waals surface area contributed by atoms with Gasteiger partial charge < -0.3 is 8.83 Å². The largest absolute Gasteiger partial charge is 0.440 e. The lowest BCUT2D eigenvalue weighted by Crippen LogP contribution is -1.82. The number of aromatic nitrogens is 2. The maximum atomic E-state index is 5.84. The third kappa shape index (κ3) is 1.68. The van der Waals surface area contributed by atoms with Crippen molar-refractivity contribution >= 4 is 54.5 Å². The highest BCUT2D eigenvalue weighted by Crippen LogP contribution is 2.36. The van der Waals surface area contributed by atoms with Crippen LogP contribution in [0.2, 0.25) is 0 Å². The van der Waals surface area contributed by atoms with Gasteiger partial charge in [-0.2, -0.15) is 0 Å².